The van der Waals surface area contributed by atoms with E-state index >= 15 is 0 Å². The molecule has 0 spiro atoms. The number of ether oxygens (including phenoxy) is 1. The van der Waals surface area contributed by atoms with E-state index in [4.69, 9.17) is 4.74 Å². The van der Waals surface area contributed by atoms with Gasteiger partial charge in [-0.25, -0.2) is 0 Å². The van der Waals surface area contributed by atoms with Crippen LogP contribution in [-0.4, -0.2) is 47.3 Å². The second-order valence-electron chi connectivity index (χ2n) is 4.45. The number of aromatic amines is 1. The number of hydrogen-bond acceptors (Lipinski definition) is 3. The standard InChI is InChI=1S/C11H15N3O2/c1-16-7-5-14(6-7)11(15)10-8-3-2-4-9(8)12-13-10/h7H,2-6H2,1H3,(H,12,13). The van der Waals surface area contributed by atoms with Crippen LogP contribution in [0.1, 0.15) is 28.2 Å². The Labute approximate surface area is 93.8 Å². The van der Waals surface area contributed by atoms with Gasteiger partial charge in [0.25, 0.3) is 5.91 Å². The smallest absolute Gasteiger partial charge is 0.274 e. The summed E-state index contributed by atoms with van der Waals surface area (Å²) >= 11 is 0. The van der Waals surface area contributed by atoms with E-state index in [9.17, 15) is 4.79 Å². The third-order valence-corrected chi connectivity index (χ3v) is 3.48. The number of aromatic nitrogens is 2. The van der Waals surface area contributed by atoms with Gasteiger partial charge in [-0.2, -0.15) is 5.10 Å². The summed E-state index contributed by atoms with van der Waals surface area (Å²) in [5.74, 6) is 0.0488. The molecule has 1 saturated heterocycles. The molecule has 1 N–H and O–H groups in total. The number of fused-ring (bicyclic) bond motifs is 1. The van der Waals surface area contributed by atoms with Crippen molar-refractivity contribution in [1.29, 1.82) is 0 Å². The molecule has 1 aliphatic carbocycles. The fourth-order valence-electron chi connectivity index (χ4n) is 2.40. The van der Waals surface area contributed by atoms with Crippen LogP contribution in [-0.2, 0) is 17.6 Å². The third kappa shape index (κ3) is 1.35. The van der Waals surface area contributed by atoms with E-state index in [-0.39, 0.29) is 12.0 Å². The summed E-state index contributed by atoms with van der Waals surface area (Å²) in [7, 11) is 1.68. The SMILES string of the molecule is COC1CN(C(=O)c2n[nH]c3c2CCC3)C1. The summed E-state index contributed by atoms with van der Waals surface area (Å²) in [4.78, 5) is 13.9. The monoisotopic (exact) mass is 221 g/mol. The molecule has 2 aliphatic rings. The van der Waals surface area contributed by atoms with Gasteiger partial charge in [-0.15, -0.1) is 0 Å². The van der Waals surface area contributed by atoms with Crippen molar-refractivity contribution < 1.29 is 9.53 Å². The van der Waals surface area contributed by atoms with Gasteiger partial charge in [0.1, 0.15) is 0 Å². The molecule has 0 radical (unpaired) electrons. The number of rotatable bonds is 2. The van der Waals surface area contributed by atoms with Gasteiger partial charge < -0.3 is 9.64 Å². The molecule has 16 heavy (non-hydrogen) atoms. The Morgan fingerprint density at radius 2 is 2.31 bits per heavy atom. The summed E-state index contributed by atoms with van der Waals surface area (Å²) in [5, 5.41) is 7.10. The number of methoxy groups -OCH3 is 1. The van der Waals surface area contributed by atoms with Crippen molar-refractivity contribution >= 4 is 5.91 Å². The molecule has 1 aromatic rings. The number of carbonyl (C=O) groups is 1. The molecule has 3 rings (SSSR count). The molecule has 1 amide bonds. The van der Waals surface area contributed by atoms with E-state index in [0.717, 1.165) is 30.5 Å². The summed E-state index contributed by atoms with van der Waals surface area (Å²) in [6.45, 7) is 1.38. The van der Waals surface area contributed by atoms with Crippen LogP contribution in [0.15, 0.2) is 0 Å². The predicted molar refractivity (Wildman–Crippen MR) is 57.3 cm³/mol. The lowest BCUT2D eigenvalue weighted by atomic mass is 10.1. The van der Waals surface area contributed by atoms with Crippen LogP contribution in [0, 0.1) is 0 Å². The first-order chi connectivity index (χ1) is 7.79. The van der Waals surface area contributed by atoms with Crippen LogP contribution in [0.5, 0.6) is 0 Å². The van der Waals surface area contributed by atoms with Crippen LogP contribution in [0.3, 0.4) is 0 Å². The van der Waals surface area contributed by atoms with Gasteiger partial charge in [0.2, 0.25) is 0 Å². The molecule has 0 unspecified atom stereocenters. The number of likely N-dealkylation sites (tertiary alicyclic amines) is 1. The minimum Gasteiger partial charge on any atom is -0.378 e. The molecule has 1 aliphatic heterocycles. The van der Waals surface area contributed by atoms with E-state index in [1.54, 1.807) is 12.0 Å². The van der Waals surface area contributed by atoms with Gasteiger partial charge >= 0.3 is 0 Å². The van der Waals surface area contributed by atoms with Crippen molar-refractivity contribution in [2.24, 2.45) is 0 Å². The summed E-state index contributed by atoms with van der Waals surface area (Å²) in [6.07, 6.45) is 3.34. The Bertz CT molecular complexity index is 421. The minimum absolute atomic E-state index is 0.0488. The first kappa shape index (κ1) is 9.84. The zero-order valence-electron chi connectivity index (χ0n) is 9.32. The number of H-pyrrole nitrogens is 1. The van der Waals surface area contributed by atoms with Gasteiger partial charge in [0, 0.05) is 31.5 Å². The third-order valence-electron chi connectivity index (χ3n) is 3.48. The van der Waals surface area contributed by atoms with E-state index < -0.39 is 0 Å². The summed E-state index contributed by atoms with van der Waals surface area (Å²) in [6, 6.07) is 0. The largest absolute Gasteiger partial charge is 0.378 e. The van der Waals surface area contributed by atoms with Crippen molar-refractivity contribution in [3.05, 3.63) is 17.0 Å². The highest BCUT2D eigenvalue weighted by atomic mass is 16.5. The lowest BCUT2D eigenvalue weighted by Crippen LogP contribution is -2.54. The van der Waals surface area contributed by atoms with E-state index in [2.05, 4.69) is 10.2 Å². The number of nitrogens with zero attached hydrogens (tertiary/aromatic N) is 2. The highest BCUT2D eigenvalue weighted by molar-refractivity contribution is 5.94. The molecule has 5 heteroatoms. The molecule has 0 atom stereocenters. The highest BCUT2D eigenvalue weighted by Crippen LogP contribution is 2.25. The molecule has 0 bridgehead atoms. The van der Waals surface area contributed by atoms with Crippen LogP contribution in [0.4, 0.5) is 0 Å². The van der Waals surface area contributed by atoms with Gasteiger partial charge in [0.05, 0.1) is 6.10 Å². The predicted octanol–water partition coefficient (Wildman–Crippen LogP) is 0.369. The van der Waals surface area contributed by atoms with E-state index in [1.165, 1.54) is 0 Å². The fraction of sp³-hybridized carbons (Fsp3) is 0.636. The van der Waals surface area contributed by atoms with Gasteiger partial charge in [-0.1, -0.05) is 0 Å². The quantitative estimate of drug-likeness (QED) is 0.785. The van der Waals surface area contributed by atoms with Crippen LogP contribution in [0.2, 0.25) is 0 Å². The summed E-state index contributed by atoms with van der Waals surface area (Å²) in [5.41, 5.74) is 2.90. The van der Waals surface area contributed by atoms with E-state index in [1.807, 2.05) is 0 Å². The zero-order valence-corrected chi connectivity index (χ0v) is 9.32. The average molecular weight is 221 g/mol. The molecule has 0 aromatic carbocycles. The Kier molecular flexibility index (Phi) is 2.21. The average Bonchev–Trinajstić information content (AvgIpc) is 2.75. The normalized spacial score (nSPS) is 19.7. The van der Waals surface area contributed by atoms with Crippen LogP contribution in [0.25, 0.3) is 0 Å². The molecular weight excluding hydrogens is 206 g/mol. The Morgan fingerprint density at radius 3 is 3.06 bits per heavy atom. The molecular formula is C11H15N3O2. The number of amides is 1. The van der Waals surface area contributed by atoms with Crippen molar-refractivity contribution in [1.82, 2.24) is 15.1 Å². The number of carbonyl (C=O) groups excluding carboxylic acids is 1. The molecule has 86 valence electrons. The molecule has 0 saturated carbocycles. The van der Waals surface area contributed by atoms with Crippen molar-refractivity contribution in [3.8, 4) is 0 Å². The second-order valence-corrected chi connectivity index (χ2v) is 4.45. The second kappa shape index (κ2) is 3.59. The Hall–Kier alpha value is -1.36. The fourth-order valence-corrected chi connectivity index (χ4v) is 2.40. The van der Waals surface area contributed by atoms with Crippen molar-refractivity contribution in [2.45, 2.75) is 25.4 Å². The number of aryl methyl sites for hydroxylation is 1. The van der Waals surface area contributed by atoms with Crippen LogP contribution >= 0.6 is 0 Å². The molecule has 2 heterocycles. The van der Waals surface area contributed by atoms with Gasteiger partial charge in [-0.3, -0.25) is 9.89 Å². The Balaban J connectivity index is 1.75. The molecule has 1 fully saturated rings. The number of hydrogen-bond donors (Lipinski definition) is 1. The molecule has 5 nitrogen and oxygen atoms in total. The first-order valence-electron chi connectivity index (χ1n) is 5.67. The minimum atomic E-state index is 0.0488. The van der Waals surface area contributed by atoms with E-state index in [0.29, 0.717) is 18.8 Å². The lowest BCUT2D eigenvalue weighted by molar-refractivity contribution is -0.0195. The first-order valence-corrected chi connectivity index (χ1v) is 5.67. The molecule has 1 aromatic heterocycles. The zero-order chi connectivity index (χ0) is 11.1. The maximum Gasteiger partial charge on any atom is 0.274 e. The van der Waals surface area contributed by atoms with Crippen LogP contribution < -0.4 is 0 Å². The van der Waals surface area contributed by atoms with Gasteiger partial charge in [0.15, 0.2) is 5.69 Å². The highest BCUT2D eigenvalue weighted by Gasteiger charge is 2.34. The topological polar surface area (TPSA) is 58.2 Å². The maximum atomic E-state index is 12.1. The number of nitrogens with one attached hydrogen (secondary N) is 1. The Morgan fingerprint density at radius 1 is 1.50 bits per heavy atom. The van der Waals surface area contributed by atoms with Crippen molar-refractivity contribution in [3.63, 3.8) is 0 Å². The van der Waals surface area contributed by atoms with Crippen molar-refractivity contribution in [2.75, 3.05) is 20.2 Å². The lowest BCUT2D eigenvalue weighted by Gasteiger charge is -2.37. The summed E-state index contributed by atoms with van der Waals surface area (Å²) < 4.78 is 5.15. The van der Waals surface area contributed by atoms with Gasteiger partial charge in [-0.05, 0) is 19.3 Å². The maximum absolute atomic E-state index is 12.1.